The van der Waals surface area contributed by atoms with Gasteiger partial charge in [-0.1, -0.05) is 6.08 Å². The summed E-state index contributed by atoms with van der Waals surface area (Å²) >= 11 is 0. The molecule has 0 saturated heterocycles. The number of rotatable bonds is 2. The van der Waals surface area contributed by atoms with Crippen molar-refractivity contribution in [2.45, 2.75) is 31.7 Å². The molecule has 0 bridgehead atoms. The Balaban J connectivity index is 2.28. The number of allylic oxidation sites excluding steroid dienone is 2. The largest absolute Gasteiger partial charge is 0.465 e. The summed E-state index contributed by atoms with van der Waals surface area (Å²) in [4.78, 5) is 10.4. The van der Waals surface area contributed by atoms with Crippen molar-refractivity contribution >= 4 is 6.09 Å². The lowest BCUT2D eigenvalue weighted by Gasteiger charge is -2.26. The summed E-state index contributed by atoms with van der Waals surface area (Å²) in [5.74, 6) is 0.446. The average Bonchev–Trinajstić information content (AvgIpc) is 2.16. The van der Waals surface area contributed by atoms with Crippen molar-refractivity contribution in [3.63, 3.8) is 0 Å². The van der Waals surface area contributed by atoms with E-state index >= 15 is 0 Å². The fourth-order valence-corrected chi connectivity index (χ4v) is 1.81. The van der Waals surface area contributed by atoms with Gasteiger partial charge in [0.1, 0.15) is 0 Å². The van der Waals surface area contributed by atoms with Gasteiger partial charge >= 0.3 is 6.09 Å². The molecule has 0 unspecified atom stereocenters. The third kappa shape index (κ3) is 3.48. The molecule has 0 aliphatic heterocycles. The first kappa shape index (κ1) is 10.6. The van der Waals surface area contributed by atoms with Crippen LogP contribution in [0.3, 0.4) is 0 Å². The Morgan fingerprint density at radius 1 is 1.43 bits per heavy atom. The van der Waals surface area contributed by atoms with Crippen LogP contribution >= 0.6 is 0 Å². The Hall–Kier alpha value is -1.50. The van der Waals surface area contributed by atoms with E-state index in [0.29, 0.717) is 5.92 Å². The standard InChI is InChI=1S/C10H14N2O2/c11-7-1-2-8-3-5-9(6-4-8)12-10(13)14/h1-2,8-9,12H,3-6H2,(H,13,14)/b2-1+. The molecule has 1 rings (SSSR count). The maximum atomic E-state index is 10.4. The number of hydrogen-bond acceptors (Lipinski definition) is 2. The minimum Gasteiger partial charge on any atom is -0.465 e. The second kappa shape index (κ2) is 5.28. The molecule has 76 valence electrons. The fourth-order valence-electron chi connectivity index (χ4n) is 1.81. The van der Waals surface area contributed by atoms with Crippen LogP contribution in [0.4, 0.5) is 4.79 Å². The molecule has 0 aromatic rings. The van der Waals surface area contributed by atoms with Gasteiger partial charge in [-0.3, -0.25) is 0 Å². The van der Waals surface area contributed by atoms with Crippen LogP contribution in [0.2, 0.25) is 0 Å². The predicted molar refractivity (Wildman–Crippen MR) is 51.7 cm³/mol. The Morgan fingerprint density at radius 3 is 2.57 bits per heavy atom. The first-order valence-electron chi connectivity index (χ1n) is 4.78. The molecule has 0 aromatic carbocycles. The predicted octanol–water partition coefficient (Wildman–Crippen LogP) is 1.89. The number of nitrogens with one attached hydrogen (secondary N) is 1. The first-order valence-corrected chi connectivity index (χ1v) is 4.78. The highest BCUT2D eigenvalue weighted by atomic mass is 16.4. The van der Waals surface area contributed by atoms with Crippen molar-refractivity contribution < 1.29 is 9.90 Å². The molecule has 0 aromatic heterocycles. The number of amides is 1. The molecular weight excluding hydrogens is 180 g/mol. The minimum absolute atomic E-state index is 0.0965. The van der Waals surface area contributed by atoms with Gasteiger partial charge in [0.2, 0.25) is 0 Å². The van der Waals surface area contributed by atoms with Crippen LogP contribution in [0.1, 0.15) is 25.7 Å². The summed E-state index contributed by atoms with van der Waals surface area (Å²) in [6.45, 7) is 0. The van der Waals surface area contributed by atoms with Crippen LogP contribution in [-0.2, 0) is 0 Å². The van der Waals surface area contributed by atoms with Crippen molar-refractivity contribution in [1.82, 2.24) is 5.32 Å². The summed E-state index contributed by atoms with van der Waals surface area (Å²) in [5, 5.41) is 19.3. The molecule has 0 radical (unpaired) electrons. The normalized spacial score (nSPS) is 27.1. The molecule has 0 atom stereocenters. The maximum Gasteiger partial charge on any atom is 0.404 e. The van der Waals surface area contributed by atoms with Gasteiger partial charge in [0.15, 0.2) is 0 Å². The Labute approximate surface area is 83.2 Å². The lowest BCUT2D eigenvalue weighted by molar-refractivity contribution is 0.184. The second-order valence-corrected chi connectivity index (χ2v) is 3.55. The first-order chi connectivity index (χ1) is 6.72. The molecule has 1 amide bonds. The van der Waals surface area contributed by atoms with E-state index in [1.54, 1.807) is 0 Å². The summed E-state index contributed by atoms with van der Waals surface area (Å²) in [6.07, 6.45) is 6.14. The van der Waals surface area contributed by atoms with Crippen molar-refractivity contribution in [3.05, 3.63) is 12.2 Å². The van der Waals surface area contributed by atoms with Gasteiger partial charge in [0.05, 0.1) is 6.07 Å². The smallest absolute Gasteiger partial charge is 0.404 e. The number of hydrogen-bond donors (Lipinski definition) is 2. The summed E-state index contributed by atoms with van der Waals surface area (Å²) in [5.41, 5.74) is 0. The van der Waals surface area contributed by atoms with Crippen molar-refractivity contribution in [1.29, 1.82) is 5.26 Å². The molecule has 1 aliphatic carbocycles. The fraction of sp³-hybridized carbons (Fsp3) is 0.600. The summed E-state index contributed by atoms with van der Waals surface area (Å²) in [7, 11) is 0. The number of nitriles is 1. The Kier molecular flexibility index (Phi) is 3.99. The third-order valence-electron chi connectivity index (χ3n) is 2.54. The van der Waals surface area contributed by atoms with Gasteiger partial charge in [0, 0.05) is 12.1 Å². The van der Waals surface area contributed by atoms with Crippen molar-refractivity contribution in [2.24, 2.45) is 5.92 Å². The zero-order valence-electron chi connectivity index (χ0n) is 7.94. The molecule has 0 heterocycles. The number of nitrogens with zero attached hydrogens (tertiary/aromatic N) is 1. The van der Waals surface area contributed by atoms with E-state index in [-0.39, 0.29) is 6.04 Å². The zero-order valence-corrected chi connectivity index (χ0v) is 7.94. The number of carboxylic acid groups (broad SMARTS) is 1. The minimum atomic E-state index is -0.944. The van der Waals surface area contributed by atoms with Crippen LogP contribution < -0.4 is 5.32 Å². The van der Waals surface area contributed by atoms with Crippen LogP contribution in [0.15, 0.2) is 12.2 Å². The SMILES string of the molecule is N#C/C=C/C1CCC(NC(=O)O)CC1. The van der Waals surface area contributed by atoms with Gasteiger partial charge in [0.25, 0.3) is 0 Å². The van der Waals surface area contributed by atoms with Crippen LogP contribution in [0, 0.1) is 17.2 Å². The van der Waals surface area contributed by atoms with Gasteiger partial charge in [-0.25, -0.2) is 4.79 Å². The van der Waals surface area contributed by atoms with E-state index in [4.69, 9.17) is 10.4 Å². The topological polar surface area (TPSA) is 73.1 Å². The lowest BCUT2D eigenvalue weighted by atomic mass is 9.86. The van der Waals surface area contributed by atoms with E-state index < -0.39 is 6.09 Å². The van der Waals surface area contributed by atoms with E-state index in [1.165, 1.54) is 6.08 Å². The van der Waals surface area contributed by atoms with E-state index in [0.717, 1.165) is 25.7 Å². The Morgan fingerprint density at radius 2 is 2.07 bits per heavy atom. The average molecular weight is 194 g/mol. The molecule has 1 aliphatic rings. The highest BCUT2D eigenvalue weighted by molar-refractivity contribution is 5.64. The zero-order chi connectivity index (χ0) is 10.4. The highest BCUT2D eigenvalue weighted by Gasteiger charge is 2.20. The van der Waals surface area contributed by atoms with E-state index in [1.807, 2.05) is 12.1 Å². The van der Waals surface area contributed by atoms with Gasteiger partial charge in [-0.2, -0.15) is 5.26 Å². The highest BCUT2D eigenvalue weighted by Crippen LogP contribution is 2.25. The molecule has 1 saturated carbocycles. The van der Waals surface area contributed by atoms with Crippen LogP contribution in [0.5, 0.6) is 0 Å². The Bertz CT molecular complexity index is 260. The summed E-state index contributed by atoms with van der Waals surface area (Å²) in [6, 6.07) is 2.06. The molecular formula is C10H14N2O2. The van der Waals surface area contributed by atoms with Gasteiger partial charge in [-0.05, 0) is 31.6 Å². The molecule has 14 heavy (non-hydrogen) atoms. The monoisotopic (exact) mass is 194 g/mol. The van der Waals surface area contributed by atoms with Gasteiger partial charge < -0.3 is 10.4 Å². The molecule has 1 fully saturated rings. The number of carbonyl (C=O) groups is 1. The van der Waals surface area contributed by atoms with E-state index in [2.05, 4.69) is 5.32 Å². The van der Waals surface area contributed by atoms with Gasteiger partial charge in [-0.15, -0.1) is 0 Å². The van der Waals surface area contributed by atoms with Crippen molar-refractivity contribution in [3.8, 4) is 6.07 Å². The van der Waals surface area contributed by atoms with E-state index in [9.17, 15) is 4.79 Å². The molecule has 4 nitrogen and oxygen atoms in total. The van der Waals surface area contributed by atoms with Crippen LogP contribution in [0.25, 0.3) is 0 Å². The van der Waals surface area contributed by atoms with Crippen molar-refractivity contribution in [2.75, 3.05) is 0 Å². The second-order valence-electron chi connectivity index (χ2n) is 3.55. The summed E-state index contributed by atoms with van der Waals surface area (Å²) < 4.78 is 0. The lowest BCUT2D eigenvalue weighted by Crippen LogP contribution is -2.36. The third-order valence-corrected chi connectivity index (χ3v) is 2.54. The molecule has 2 N–H and O–H groups in total. The quantitative estimate of drug-likeness (QED) is 0.659. The van der Waals surface area contributed by atoms with Crippen LogP contribution in [-0.4, -0.2) is 17.2 Å². The maximum absolute atomic E-state index is 10.4. The molecule has 0 spiro atoms. The molecule has 4 heteroatoms.